The minimum atomic E-state index is -1.03. The van der Waals surface area contributed by atoms with Gasteiger partial charge in [-0.2, -0.15) is 0 Å². The van der Waals surface area contributed by atoms with Crippen LogP contribution in [0.5, 0.6) is 0 Å². The van der Waals surface area contributed by atoms with Gasteiger partial charge in [0, 0.05) is 24.6 Å². The minimum absolute atomic E-state index is 0.133. The Morgan fingerprint density at radius 1 is 1.30 bits per heavy atom. The monoisotopic (exact) mass is 364 g/mol. The first-order valence-electron chi connectivity index (χ1n) is 8.31. The number of rotatable bonds is 4. The van der Waals surface area contributed by atoms with Crippen molar-refractivity contribution in [2.24, 2.45) is 0 Å². The largest absolute Gasteiger partial charge is 0.478 e. The second-order valence-electron chi connectivity index (χ2n) is 5.86. The summed E-state index contributed by atoms with van der Waals surface area (Å²) < 4.78 is 1.77. The molecule has 0 saturated heterocycles. The maximum absolute atomic E-state index is 11.6. The third kappa shape index (κ3) is 2.95. The van der Waals surface area contributed by atoms with Gasteiger partial charge in [-0.1, -0.05) is 0 Å². The molecule has 3 heterocycles. The van der Waals surface area contributed by atoms with Gasteiger partial charge in [0.15, 0.2) is 0 Å². The molecule has 0 atom stereocenters. The van der Waals surface area contributed by atoms with Gasteiger partial charge in [0.05, 0.1) is 16.6 Å². The predicted octanol–water partition coefficient (Wildman–Crippen LogP) is 2.74. The highest BCUT2D eigenvalue weighted by Crippen LogP contribution is 2.25. The van der Waals surface area contributed by atoms with Crippen molar-refractivity contribution in [1.29, 1.82) is 0 Å². The first-order chi connectivity index (χ1) is 13.1. The highest BCUT2D eigenvalue weighted by Gasteiger charge is 2.16. The standard InChI is InChI=1S/C18H16N6O3/c1-2-19-18(27)23-17-21-12-6-5-10(8-13(12)22-17)24-9-11(16(25)26)15-14(24)4-3-7-20-15/h3-9H,2H2,1H3,(H,25,26)(H3,19,21,22,23,27). The summed E-state index contributed by atoms with van der Waals surface area (Å²) in [5.41, 5.74) is 3.39. The third-order valence-electron chi connectivity index (χ3n) is 4.10. The molecule has 27 heavy (non-hydrogen) atoms. The topological polar surface area (TPSA) is 125 Å². The van der Waals surface area contributed by atoms with Crippen molar-refractivity contribution < 1.29 is 14.7 Å². The number of aromatic nitrogens is 4. The Kier molecular flexibility index (Phi) is 3.96. The predicted molar refractivity (Wildman–Crippen MR) is 100 cm³/mol. The van der Waals surface area contributed by atoms with E-state index in [-0.39, 0.29) is 11.6 Å². The number of nitrogens with zero attached hydrogens (tertiary/aromatic N) is 3. The zero-order valence-electron chi connectivity index (χ0n) is 14.4. The number of urea groups is 1. The average Bonchev–Trinajstić information content (AvgIpc) is 3.22. The molecule has 1 aromatic carbocycles. The number of anilines is 1. The number of nitrogens with one attached hydrogen (secondary N) is 3. The summed E-state index contributed by atoms with van der Waals surface area (Å²) in [5.74, 6) is -0.702. The number of carbonyl (C=O) groups excluding carboxylic acids is 1. The molecule has 136 valence electrons. The normalized spacial score (nSPS) is 11.0. The van der Waals surface area contributed by atoms with E-state index in [2.05, 4.69) is 25.6 Å². The van der Waals surface area contributed by atoms with Crippen LogP contribution in [0.25, 0.3) is 27.8 Å². The molecule has 4 N–H and O–H groups in total. The number of aromatic carboxylic acids is 1. The molecule has 0 aliphatic carbocycles. The van der Waals surface area contributed by atoms with Crippen LogP contribution in [0.15, 0.2) is 42.7 Å². The number of amides is 2. The van der Waals surface area contributed by atoms with Crippen molar-refractivity contribution in [2.75, 3.05) is 11.9 Å². The average molecular weight is 364 g/mol. The number of benzene rings is 1. The number of hydrogen-bond acceptors (Lipinski definition) is 4. The van der Waals surface area contributed by atoms with Gasteiger partial charge in [0.2, 0.25) is 5.95 Å². The van der Waals surface area contributed by atoms with Crippen LogP contribution in [0.4, 0.5) is 10.7 Å². The highest BCUT2D eigenvalue weighted by atomic mass is 16.4. The molecule has 9 heteroatoms. The molecule has 0 aliphatic rings. The lowest BCUT2D eigenvalue weighted by molar-refractivity contribution is 0.0698. The van der Waals surface area contributed by atoms with E-state index < -0.39 is 5.97 Å². The lowest BCUT2D eigenvalue weighted by Crippen LogP contribution is -2.28. The van der Waals surface area contributed by atoms with E-state index in [4.69, 9.17) is 0 Å². The van der Waals surface area contributed by atoms with Crippen molar-refractivity contribution in [1.82, 2.24) is 24.8 Å². The summed E-state index contributed by atoms with van der Waals surface area (Å²) in [7, 11) is 0. The number of hydrogen-bond donors (Lipinski definition) is 4. The van der Waals surface area contributed by atoms with Gasteiger partial charge in [-0.3, -0.25) is 10.3 Å². The SMILES string of the molecule is CCNC(=O)Nc1nc2ccc(-n3cc(C(=O)O)c4ncccc43)cc2[nH]1. The maximum Gasteiger partial charge on any atom is 0.339 e. The molecule has 0 fully saturated rings. The fourth-order valence-electron chi connectivity index (χ4n) is 2.95. The number of H-pyrrole nitrogens is 1. The summed E-state index contributed by atoms with van der Waals surface area (Å²) in [6, 6.07) is 8.69. The zero-order chi connectivity index (χ0) is 19.0. The fraction of sp³-hybridized carbons (Fsp3) is 0.111. The third-order valence-corrected chi connectivity index (χ3v) is 4.10. The van der Waals surface area contributed by atoms with Gasteiger partial charge in [0.25, 0.3) is 0 Å². The molecule has 0 saturated carbocycles. The van der Waals surface area contributed by atoms with E-state index in [1.165, 1.54) is 0 Å². The molecular formula is C18H16N6O3. The molecule has 0 spiro atoms. The zero-order valence-corrected chi connectivity index (χ0v) is 14.4. The van der Waals surface area contributed by atoms with Crippen LogP contribution >= 0.6 is 0 Å². The smallest absolute Gasteiger partial charge is 0.339 e. The highest BCUT2D eigenvalue weighted by molar-refractivity contribution is 6.02. The summed E-state index contributed by atoms with van der Waals surface area (Å²) in [6.07, 6.45) is 3.11. The number of imidazole rings is 1. The summed E-state index contributed by atoms with van der Waals surface area (Å²) in [5, 5.41) is 14.7. The summed E-state index contributed by atoms with van der Waals surface area (Å²) in [4.78, 5) is 34.7. The van der Waals surface area contributed by atoms with E-state index in [1.807, 2.05) is 25.1 Å². The Bertz CT molecular complexity index is 1180. The van der Waals surface area contributed by atoms with Gasteiger partial charge in [0.1, 0.15) is 11.1 Å². The Morgan fingerprint density at radius 3 is 2.93 bits per heavy atom. The second kappa shape index (κ2) is 6.45. The van der Waals surface area contributed by atoms with Crippen LogP contribution in [0.1, 0.15) is 17.3 Å². The Morgan fingerprint density at radius 2 is 2.15 bits per heavy atom. The van der Waals surface area contributed by atoms with Crippen molar-refractivity contribution in [3.63, 3.8) is 0 Å². The number of carboxylic acid groups (broad SMARTS) is 1. The van der Waals surface area contributed by atoms with Crippen LogP contribution in [0.2, 0.25) is 0 Å². The van der Waals surface area contributed by atoms with Gasteiger partial charge in [-0.15, -0.1) is 0 Å². The van der Waals surface area contributed by atoms with E-state index in [0.717, 1.165) is 5.69 Å². The quantitative estimate of drug-likeness (QED) is 0.443. The van der Waals surface area contributed by atoms with Gasteiger partial charge >= 0.3 is 12.0 Å². The molecule has 4 rings (SSSR count). The maximum atomic E-state index is 11.6. The van der Waals surface area contributed by atoms with Gasteiger partial charge < -0.3 is 20.0 Å². The number of carbonyl (C=O) groups is 2. The van der Waals surface area contributed by atoms with Crippen LogP contribution < -0.4 is 10.6 Å². The molecule has 4 aromatic rings. The van der Waals surface area contributed by atoms with Crippen LogP contribution in [-0.4, -0.2) is 43.2 Å². The molecule has 0 unspecified atom stereocenters. The molecule has 2 amide bonds. The molecular weight excluding hydrogens is 348 g/mol. The first kappa shape index (κ1) is 16.6. The van der Waals surface area contributed by atoms with Crippen molar-refractivity contribution in [3.8, 4) is 5.69 Å². The summed E-state index contributed by atoms with van der Waals surface area (Å²) >= 11 is 0. The molecule has 0 bridgehead atoms. The number of pyridine rings is 1. The molecule has 0 aliphatic heterocycles. The first-order valence-corrected chi connectivity index (χ1v) is 8.31. The second-order valence-corrected chi connectivity index (χ2v) is 5.86. The summed E-state index contributed by atoms with van der Waals surface area (Å²) in [6.45, 7) is 2.34. The van der Waals surface area contributed by atoms with Crippen molar-refractivity contribution in [2.45, 2.75) is 6.92 Å². The number of fused-ring (bicyclic) bond motifs is 2. The Hall–Kier alpha value is -3.88. The fourth-order valence-corrected chi connectivity index (χ4v) is 2.95. The van der Waals surface area contributed by atoms with E-state index in [9.17, 15) is 14.7 Å². The molecule has 0 radical (unpaired) electrons. The lowest BCUT2D eigenvalue weighted by Gasteiger charge is -2.04. The van der Waals surface area contributed by atoms with Gasteiger partial charge in [-0.25, -0.2) is 14.6 Å². The van der Waals surface area contributed by atoms with Crippen LogP contribution in [0.3, 0.4) is 0 Å². The van der Waals surface area contributed by atoms with Crippen molar-refractivity contribution >= 4 is 40.0 Å². The van der Waals surface area contributed by atoms with E-state index >= 15 is 0 Å². The van der Waals surface area contributed by atoms with Crippen molar-refractivity contribution in [3.05, 3.63) is 48.3 Å². The van der Waals surface area contributed by atoms with Gasteiger partial charge in [-0.05, 0) is 37.3 Å². The van der Waals surface area contributed by atoms with Crippen LogP contribution in [0, 0.1) is 0 Å². The number of aromatic amines is 1. The van der Waals surface area contributed by atoms with E-state index in [1.54, 1.807) is 29.1 Å². The Labute approximate surface area is 153 Å². The molecule has 9 nitrogen and oxygen atoms in total. The number of carboxylic acids is 1. The minimum Gasteiger partial charge on any atom is -0.478 e. The Balaban J connectivity index is 1.78. The van der Waals surface area contributed by atoms with Crippen LogP contribution in [-0.2, 0) is 0 Å². The lowest BCUT2D eigenvalue weighted by atomic mass is 10.2. The molecule has 3 aromatic heterocycles. The van der Waals surface area contributed by atoms with E-state index in [0.29, 0.717) is 34.6 Å².